The largest absolute Gasteiger partial charge is 0.359 e. The summed E-state index contributed by atoms with van der Waals surface area (Å²) in [6.07, 6.45) is 3.37. The van der Waals surface area contributed by atoms with E-state index >= 15 is 0 Å². The normalized spacial score (nSPS) is 17.8. The van der Waals surface area contributed by atoms with Gasteiger partial charge in [-0.15, -0.1) is 0 Å². The van der Waals surface area contributed by atoms with Crippen LogP contribution in [0.3, 0.4) is 0 Å². The minimum atomic E-state index is 0. The Balaban J connectivity index is 0. The van der Waals surface area contributed by atoms with Gasteiger partial charge in [0.25, 0.3) is 0 Å². The van der Waals surface area contributed by atoms with Gasteiger partial charge in [0, 0.05) is 13.9 Å². The van der Waals surface area contributed by atoms with Crippen LogP contribution in [0.5, 0.6) is 0 Å². The second-order valence-electron chi connectivity index (χ2n) is 3.35. The Labute approximate surface area is 70.9 Å². The zero-order chi connectivity index (χ0) is 8.91. The summed E-state index contributed by atoms with van der Waals surface area (Å²) < 4.78 is 0. The monoisotopic (exact) mass is 159 g/mol. The summed E-state index contributed by atoms with van der Waals surface area (Å²) in [6.45, 7) is 6.24. The molecule has 68 valence electrons. The molecule has 1 amide bonds. The predicted octanol–water partition coefficient (Wildman–Crippen LogP) is 2.19. The molecule has 0 radical (unpaired) electrons. The Bertz CT molecular complexity index is 132. The minimum absolute atomic E-state index is 0. The van der Waals surface area contributed by atoms with Crippen molar-refractivity contribution < 1.29 is 6.22 Å². The van der Waals surface area contributed by atoms with Crippen LogP contribution in [0.25, 0.3) is 0 Å². The molecule has 1 N–H and O–H groups in total. The first-order chi connectivity index (χ1) is 5.10. The lowest BCUT2D eigenvalue weighted by Crippen LogP contribution is -2.26. The average Bonchev–Trinajstić information content (AvgIpc) is 2.70. The van der Waals surface area contributed by atoms with E-state index in [0.29, 0.717) is 0 Å². The molecule has 0 bridgehead atoms. The molecular weight excluding hydrogens is 138 g/mol. The maximum atomic E-state index is 10.8. The first kappa shape index (κ1) is 10.5. The van der Waals surface area contributed by atoms with Crippen LogP contribution >= 0.6 is 0 Å². The molecule has 2 nitrogen and oxygen atoms in total. The number of hydrogen-bond donors (Lipinski definition) is 1. The third kappa shape index (κ3) is 3.40. The quantitative estimate of drug-likeness (QED) is 0.624. The summed E-state index contributed by atoms with van der Waals surface area (Å²) in [7, 11) is 1.69. The van der Waals surface area contributed by atoms with Gasteiger partial charge in [0.05, 0.1) is 0 Å². The van der Waals surface area contributed by atoms with E-state index in [1.807, 2.05) is 6.92 Å². The summed E-state index contributed by atoms with van der Waals surface area (Å²) in [6, 6.07) is 0. The van der Waals surface area contributed by atoms with Crippen LogP contribution in [0.15, 0.2) is 0 Å². The van der Waals surface area contributed by atoms with Crippen LogP contribution in [0.4, 0.5) is 0 Å². The highest BCUT2D eigenvalue weighted by Gasteiger charge is 2.44. The predicted molar refractivity (Wildman–Crippen MR) is 49.5 cm³/mol. The third-order valence-electron chi connectivity index (χ3n) is 1.78. The average molecular weight is 159 g/mol. The number of carbonyl (C=O) groups is 1. The SMILES string of the molecule is CCC.CNC(=O)C1(C)CC1.[HH]. The van der Waals surface area contributed by atoms with E-state index in [1.165, 1.54) is 6.42 Å². The molecule has 0 aromatic carbocycles. The van der Waals surface area contributed by atoms with Crippen molar-refractivity contribution >= 4 is 5.91 Å². The molecule has 0 aromatic heterocycles. The zero-order valence-corrected chi connectivity index (χ0v) is 8.03. The van der Waals surface area contributed by atoms with Crippen molar-refractivity contribution in [3.8, 4) is 0 Å². The fourth-order valence-corrected chi connectivity index (χ4v) is 0.716. The highest BCUT2D eigenvalue weighted by atomic mass is 16.2. The summed E-state index contributed by atoms with van der Waals surface area (Å²) >= 11 is 0. The van der Waals surface area contributed by atoms with Gasteiger partial charge in [-0.2, -0.15) is 0 Å². The highest BCUT2D eigenvalue weighted by molar-refractivity contribution is 5.84. The number of amides is 1. The van der Waals surface area contributed by atoms with E-state index in [4.69, 9.17) is 0 Å². The first-order valence-electron chi connectivity index (χ1n) is 4.33. The van der Waals surface area contributed by atoms with Crippen molar-refractivity contribution in [1.82, 2.24) is 5.32 Å². The molecule has 1 aliphatic carbocycles. The van der Waals surface area contributed by atoms with E-state index in [0.717, 1.165) is 12.8 Å². The fourth-order valence-electron chi connectivity index (χ4n) is 0.716. The number of carbonyl (C=O) groups excluding carboxylic acids is 1. The Morgan fingerprint density at radius 1 is 1.55 bits per heavy atom. The summed E-state index contributed by atoms with van der Waals surface area (Å²) in [5, 5.41) is 2.63. The Kier molecular flexibility index (Phi) is 4.16. The molecule has 0 spiro atoms. The van der Waals surface area contributed by atoms with Gasteiger partial charge in [-0.25, -0.2) is 0 Å². The molecule has 2 heteroatoms. The van der Waals surface area contributed by atoms with Gasteiger partial charge < -0.3 is 5.32 Å². The Morgan fingerprint density at radius 2 is 1.91 bits per heavy atom. The van der Waals surface area contributed by atoms with Gasteiger partial charge in [-0.05, 0) is 12.8 Å². The summed E-state index contributed by atoms with van der Waals surface area (Å²) in [4.78, 5) is 10.8. The van der Waals surface area contributed by atoms with E-state index < -0.39 is 0 Å². The zero-order valence-electron chi connectivity index (χ0n) is 8.03. The summed E-state index contributed by atoms with van der Waals surface area (Å²) in [5.41, 5.74) is 0.00868. The molecule has 0 atom stereocenters. The van der Waals surface area contributed by atoms with E-state index in [9.17, 15) is 4.79 Å². The second kappa shape index (κ2) is 4.37. The maximum absolute atomic E-state index is 10.8. The van der Waals surface area contributed by atoms with Crippen LogP contribution < -0.4 is 5.32 Å². The van der Waals surface area contributed by atoms with Gasteiger partial charge in [0.2, 0.25) is 5.91 Å². The number of nitrogens with one attached hydrogen (secondary N) is 1. The van der Waals surface area contributed by atoms with Crippen LogP contribution in [-0.2, 0) is 4.79 Å². The Morgan fingerprint density at radius 3 is 2.00 bits per heavy atom. The highest BCUT2D eigenvalue weighted by Crippen LogP contribution is 2.44. The molecule has 0 unspecified atom stereocenters. The fraction of sp³-hybridized carbons (Fsp3) is 0.889. The molecule has 1 saturated carbocycles. The van der Waals surface area contributed by atoms with Crippen molar-refractivity contribution in [2.24, 2.45) is 5.41 Å². The Hall–Kier alpha value is -0.530. The molecule has 0 aliphatic heterocycles. The van der Waals surface area contributed by atoms with Crippen molar-refractivity contribution in [2.75, 3.05) is 7.05 Å². The van der Waals surface area contributed by atoms with Crippen molar-refractivity contribution in [3.05, 3.63) is 0 Å². The minimum Gasteiger partial charge on any atom is -0.359 e. The van der Waals surface area contributed by atoms with Gasteiger partial charge in [0.1, 0.15) is 0 Å². The van der Waals surface area contributed by atoms with Gasteiger partial charge >= 0.3 is 0 Å². The topological polar surface area (TPSA) is 29.1 Å². The van der Waals surface area contributed by atoms with Crippen molar-refractivity contribution in [3.63, 3.8) is 0 Å². The lowest BCUT2D eigenvalue weighted by atomic mass is 10.1. The standard InChI is InChI=1S/C6H11NO.C3H8.H2/c1-6(3-4-6)5(8)7-2;1-3-2;/h3-4H2,1-2H3,(H,7,8);3H2,1-2H3;1H. The first-order valence-corrected chi connectivity index (χ1v) is 4.33. The van der Waals surface area contributed by atoms with Crippen LogP contribution in [0.2, 0.25) is 0 Å². The molecule has 0 aromatic rings. The van der Waals surface area contributed by atoms with E-state index in [1.54, 1.807) is 7.05 Å². The van der Waals surface area contributed by atoms with Crippen molar-refractivity contribution in [2.45, 2.75) is 40.0 Å². The van der Waals surface area contributed by atoms with E-state index in [2.05, 4.69) is 19.2 Å². The van der Waals surface area contributed by atoms with E-state index in [-0.39, 0.29) is 12.7 Å². The van der Waals surface area contributed by atoms with Crippen LogP contribution in [0.1, 0.15) is 41.5 Å². The molecule has 1 aliphatic rings. The number of hydrogen-bond acceptors (Lipinski definition) is 1. The van der Waals surface area contributed by atoms with Gasteiger partial charge in [-0.1, -0.05) is 27.2 Å². The molecule has 11 heavy (non-hydrogen) atoms. The lowest BCUT2D eigenvalue weighted by molar-refractivity contribution is -0.125. The molecular formula is C9H21NO. The second-order valence-corrected chi connectivity index (χ2v) is 3.35. The third-order valence-corrected chi connectivity index (χ3v) is 1.78. The maximum Gasteiger partial charge on any atom is 0.225 e. The molecule has 0 saturated heterocycles. The van der Waals surface area contributed by atoms with Gasteiger partial charge in [-0.3, -0.25) is 4.79 Å². The lowest BCUT2D eigenvalue weighted by Gasteiger charge is -2.02. The number of rotatable bonds is 1. The van der Waals surface area contributed by atoms with Crippen LogP contribution in [0, 0.1) is 5.41 Å². The molecule has 1 fully saturated rings. The van der Waals surface area contributed by atoms with Gasteiger partial charge in [0.15, 0.2) is 0 Å². The molecule has 0 heterocycles. The summed E-state index contributed by atoms with van der Waals surface area (Å²) in [5.74, 6) is 0.192. The van der Waals surface area contributed by atoms with Crippen LogP contribution in [-0.4, -0.2) is 13.0 Å². The van der Waals surface area contributed by atoms with Crippen molar-refractivity contribution in [1.29, 1.82) is 0 Å². The smallest absolute Gasteiger partial charge is 0.225 e. The molecule has 1 rings (SSSR count).